The fraction of sp³-hybridized carbons (Fsp3) is 0.364. The summed E-state index contributed by atoms with van der Waals surface area (Å²) in [5, 5.41) is 8.64. The Balaban J connectivity index is 2.32. The van der Waals surface area contributed by atoms with Crippen LogP contribution in [0.15, 0.2) is 23.0 Å². The van der Waals surface area contributed by atoms with Crippen LogP contribution in [0.2, 0.25) is 0 Å². The number of aromatic hydroxyl groups is 1. The monoisotopic (exact) mass is 268 g/mol. The van der Waals surface area contributed by atoms with E-state index in [0.717, 1.165) is 0 Å². The second kappa shape index (κ2) is 3.61. The highest BCUT2D eigenvalue weighted by Crippen LogP contribution is 2.31. The SMILES string of the molecule is O=c1[nH]c2ccc(O)cc2n1C1CCCS1(=O)=O. The molecule has 0 radical (unpaired) electrons. The molecule has 2 heterocycles. The van der Waals surface area contributed by atoms with Crippen molar-refractivity contribution in [3.8, 4) is 5.75 Å². The molecular formula is C11H12N2O4S. The minimum Gasteiger partial charge on any atom is -0.508 e. The maximum atomic E-state index is 11.9. The van der Waals surface area contributed by atoms with Gasteiger partial charge in [0.15, 0.2) is 9.84 Å². The number of phenols is 1. The summed E-state index contributed by atoms with van der Waals surface area (Å²) >= 11 is 0. The number of phenolic OH excluding ortho intramolecular Hbond substituents is 1. The van der Waals surface area contributed by atoms with Crippen LogP contribution in [0, 0.1) is 0 Å². The molecule has 7 heteroatoms. The largest absolute Gasteiger partial charge is 0.508 e. The molecule has 1 fully saturated rings. The molecule has 0 aliphatic carbocycles. The molecule has 1 aliphatic rings. The van der Waals surface area contributed by atoms with Gasteiger partial charge < -0.3 is 10.1 Å². The zero-order valence-corrected chi connectivity index (χ0v) is 10.3. The first-order valence-corrected chi connectivity index (χ1v) is 7.35. The van der Waals surface area contributed by atoms with Crippen LogP contribution in [0.25, 0.3) is 11.0 Å². The number of hydrogen-bond acceptors (Lipinski definition) is 4. The van der Waals surface area contributed by atoms with Gasteiger partial charge >= 0.3 is 5.69 Å². The van der Waals surface area contributed by atoms with E-state index in [4.69, 9.17) is 0 Å². The fourth-order valence-corrected chi connectivity index (χ4v) is 4.36. The molecule has 1 unspecified atom stereocenters. The van der Waals surface area contributed by atoms with E-state index >= 15 is 0 Å². The van der Waals surface area contributed by atoms with E-state index in [1.165, 1.54) is 16.7 Å². The molecular weight excluding hydrogens is 256 g/mol. The Hall–Kier alpha value is -1.76. The Morgan fingerprint density at radius 3 is 2.83 bits per heavy atom. The number of imidazole rings is 1. The van der Waals surface area contributed by atoms with Crippen molar-refractivity contribution in [3.05, 3.63) is 28.7 Å². The first-order valence-electron chi connectivity index (χ1n) is 5.64. The summed E-state index contributed by atoms with van der Waals surface area (Å²) < 4.78 is 25.0. The van der Waals surface area contributed by atoms with Gasteiger partial charge in [-0.2, -0.15) is 0 Å². The van der Waals surface area contributed by atoms with Crippen LogP contribution >= 0.6 is 0 Å². The third-order valence-corrected chi connectivity index (χ3v) is 5.42. The van der Waals surface area contributed by atoms with Crippen LogP contribution in [0.3, 0.4) is 0 Å². The molecule has 1 aromatic carbocycles. The molecule has 1 aromatic heterocycles. The number of hydrogen-bond donors (Lipinski definition) is 2. The maximum absolute atomic E-state index is 11.9. The molecule has 0 spiro atoms. The highest BCUT2D eigenvalue weighted by atomic mass is 32.2. The van der Waals surface area contributed by atoms with Gasteiger partial charge in [-0.05, 0) is 25.0 Å². The van der Waals surface area contributed by atoms with Crippen LogP contribution in [0.4, 0.5) is 0 Å². The summed E-state index contributed by atoms with van der Waals surface area (Å²) in [7, 11) is -3.28. The maximum Gasteiger partial charge on any atom is 0.327 e. The zero-order valence-electron chi connectivity index (χ0n) is 9.46. The Bertz CT molecular complexity index is 772. The number of sulfone groups is 1. The van der Waals surface area contributed by atoms with Gasteiger partial charge in [0.25, 0.3) is 0 Å². The van der Waals surface area contributed by atoms with Crippen molar-refractivity contribution in [2.75, 3.05) is 5.75 Å². The van der Waals surface area contributed by atoms with Crippen molar-refractivity contribution in [1.29, 1.82) is 0 Å². The minimum atomic E-state index is -3.28. The van der Waals surface area contributed by atoms with E-state index in [-0.39, 0.29) is 11.5 Å². The van der Waals surface area contributed by atoms with Crippen molar-refractivity contribution in [1.82, 2.24) is 9.55 Å². The number of benzene rings is 1. The van der Waals surface area contributed by atoms with E-state index in [9.17, 15) is 18.3 Å². The first-order chi connectivity index (χ1) is 8.49. The smallest absolute Gasteiger partial charge is 0.327 e. The van der Waals surface area contributed by atoms with Gasteiger partial charge in [0.05, 0.1) is 16.8 Å². The highest BCUT2D eigenvalue weighted by Gasteiger charge is 2.34. The van der Waals surface area contributed by atoms with Gasteiger partial charge in [-0.1, -0.05) is 0 Å². The average molecular weight is 268 g/mol. The molecule has 0 amide bonds. The summed E-state index contributed by atoms with van der Waals surface area (Å²) in [5.74, 6) is 0.112. The summed E-state index contributed by atoms with van der Waals surface area (Å²) in [6.45, 7) is 0. The van der Waals surface area contributed by atoms with Crippen LogP contribution in [0.5, 0.6) is 5.75 Å². The van der Waals surface area contributed by atoms with Gasteiger partial charge in [0.2, 0.25) is 0 Å². The van der Waals surface area contributed by atoms with Crippen LogP contribution in [-0.2, 0) is 9.84 Å². The average Bonchev–Trinajstić information content (AvgIpc) is 2.77. The lowest BCUT2D eigenvalue weighted by Crippen LogP contribution is -2.25. The molecule has 2 N–H and O–H groups in total. The van der Waals surface area contributed by atoms with Crippen LogP contribution in [-0.4, -0.2) is 28.8 Å². The van der Waals surface area contributed by atoms with Crippen LogP contribution < -0.4 is 5.69 Å². The molecule has 1 aliphatic heterocycles. The summed E-state index contributed by atoms with van der Waals surface area (Å²) in [5.41, 5.74) is 0.501. The number of aromatic amines is 1. The van der Waals surface area contributed by atoms with Crippen molar-refractivity contribution in [3.63, 3.8) is 0 Å². The van der Waals surface area contributed by atoms with Gasteiger partial charge in [-0.15, -0.1) is 0 Å². The van der Waals surface area contributed by atoms with Gasteiger partial charge in [-0.3, -0.25) is 4.57 Å². The van der Waals surface area contributed by atoms with Crippen molar-refractivity contribution < 1.29 is 13.5 Å². The molecule has 2 aromatic rings. The number of H-pyrrole nitrogens is 1. The second-order valence-corrected chi connectivity index (χ2v) is 6.74. The lowest BCUT2D eigenvalue weighted by molar-refractivity contribution is 0.475. The number of rotatable bonds is 1. The lowest BCUT2D eigenvalue weighted by Gasteiger charge is -2.11. The van der Waals surface area contributed by atoms with Crippen molar-refractivity contribution >= 4 is 20.9 Å². The summed E-state index contributed by atoms with van der Waals surface area (Å²) in [4.78, 5) is 14.5. The quantitative estimate of drug-likeness (QED) is 0.798. The zero-order chi connectivity index (χ0) is 12.9. The number of aromatic nitrogens is 2. The third kappa shape index (κ3) is 1.54. The standard InChI is InChI=1S/C11H12N2O4S/c14-7-3-4-8-9(6-7)13(11(15)12-8)10-2-1-5-18(10,16)17/h3-4,6,10,14H,1-2,5H2,(H,12,15). The predicted octanol–water partition coefficient (Wildman–Crippen LogP) is 0.742. The predicted molar refractivity (Wildman–Crippen MR) is 66.3 cm³/mol. The number of nitrogens with zero attached hydrogens (tertiary/aromatic N) is 1. The van der Waals surface area contributed by atoms with E-state index in [1.807, 2.05) is 0 Å². The normalized spacial score (nSPS) is 22.6. The van der Waals surface area contributed by atoms with E-state index < -0.39 is 20.9 Å². The Labute approximate surface area is 103 Å². The van der Waals surface area contributed by atoms with Gasteiger partial charge in [-0.25, -0.2) is 13.2 Å². The molecule has 0 bridgehead atoms. The third-order valence-electron chi connectivity index (χ3n) is 3.28. The number of fused-ring (bicyclic) bond motifs is 1. The van der Waals surface area contributed by atoms with E-state index in [0.29, 0.717) is 23.9 Å². The molecule has 0 saturated carbocycles. The van der Waals surface area contributed by atoms with Crippen LogP contribution in [0.1, 0.15) is 18.2 Å². The molecule has 96 valence electrons. The van der Waals surface area contributed by atoms with Gasteiger partial charge in [0.1, 0.15) is 11.1 Å². The number of nitrogens with one attached hydrogen (secondary N) is 1. The van der Waals surface area contributed by atoms with Gasteiger partial charge in [0, 0.05) is 6.07 Å². The van der Waals surface area contributed by atoms with E-state index in [2.05, 4.69) is 4.98 Å². The molecule has 18 heavy (non-hydrogen) atoms. The molecule has 6 nitrogen and oxygen atoms in total. The fourth-order valence-electron chi connectivity index (χ4n) is 2.46. The highest BCUT2D eigenvalue weighted by molar-refractivity contribution is 7.91. The molecule has 3 rings (SSSR count). The Morgan fingerprint density at radius 2 is 2.17 bits per heavy atom. The van der Waals surface area contributed by atoms with E-state index in [1.54, 1.807) is 6.07 Å². The first kappa shape index (κ1) is 11.3. The van der Waals surface area contributed by atoms with Crippen molar-refractivity contribution in [2.45, 2.75) is 18.2 Å². The molecule has 1 atom stereocenters. The second-order valence-electron chi connectivity index (χ2n) is 4.47. The Morgan fingerprint density at radius 1 is 1.39 bits per heavy atom. The Kier molecular flexibility index (Phi) is 2.28. The minimum absolute atomic E-state index is 0.00523. The van der Waals surface area contributed by atoms with Crippen molar-refractivity contribution in [2.24, 2.45) is 0 Å². The topological polar surface area (TPSA) is 92.2 Å². The lowest BCUT2D eigenvalue weighted by atomic mass is 10.3. The molecule has 1 saturated heterocycles. The summed E-state index contributed by atoms with van der Waals surface area (Å²) in [6.07, 6.45) is 0.996. The summed E-state index contributed by atoms with van der Waals surface area (Å²) in [6, 6.07) is 4.41.